The number of Topliss-reactive ketones (excluding diaryl/α,β-unsaturated/α-hetero) is 1. The van der Waals surface area contributed by atoms with Gasteiger partial charge in [0.1, 0.15) is 24.4 Å². The highest BCUT2D eigenvalue weighted by molar-refractivity contribution is 7.11. The van der Waals surface area contributed by atoms with Crippen molar-refractivity contribution in [3.05, 3.63) is 63.1 Å². The predicted molar refractivity (Wildman–Crippen MR) is 235 cm³/mol. The third-order valence-corrected chi connectivity index (χ3v) is 16.3. The second-order valence-corrected chi connectivity index (χ2v) is 20.2. The van der Waals surface area contributed by atoms with Gasteiger partial charge in [-0.1, -0.05) is 50.3 Å². The fourth-order valence-corrected chi connectivity index (χ4v) is 13.2. The summed E-state index contributed by atoms with van der Waals surface area (Å²) in [5.74, 6) is -0.653. The second-order valence-electron chi connectivity index (χ2n) is 18.9. The van der Waals surface area contributed by atoms with Crippen LogP contribution in [0.2, 0.25) is 0 Å². The van der Waals surface area contributed by atoms with Gasteiger partial charge < -0.3 is 37.9 Å². The number of nitrogens with zero attached hydrogens (tertiary/aromatic N) is 2. The highest BCUT2D eigenvalue weighted by Crippen LogP contribution is 2.62. The summed E-state index contributed by atoms with van der Waals surface area (Å²) in [4.78, 5) is 37.9. The molecule has 0 bridgehead atoms. The number of ketones is 1. The first-order valence-electron chi connectivity index (χ1n) is 23.3. The van der Waals surface area contributed by atoms with Crippen molar-refractivity contribution in [3.63, 3.8) is 0 Å². The van der Waals surface area contributed by atoms with Crippen molar-refractivity contribution in [3.8, 4) is 0 Å². The second kappa shape index (κ2) is 19.9. The van der Waals surface area contributed by atoms with E-state index in [-0.39, 0.29) is 96.5 Å². The fraction of sp³-hybridized carbons (Fsp3) is 0.735. The molecular weight excluding hydrogens is 809 g/mol. The zero-order chi connectivity index (χ0) is 43.8. The molecule has 3 saturated heterocycles. The number of hydrogen-bond acceptors (Lipinski definition) is 13. The molecule has 3 aliphatic heterocycles. The van der Waals surface area contributed by atoms with Crippen LogP contribution in [-0.4, -0.2) is 117 Å². The molecule has 6 unspecified atom stereocenters. The summed E-state index contributed by atoms with van der Waals surface area (Å²) in [6.45, 7) is 11.1. The van der Waals surface area contributed by atoms with Crippen LogP contribution in [0.4, 0.5) is 0 Å². The molecule has 1 saturated carbocycles. The van der Waals surface area contributed by atoms with Crippen molar-refractivity contribution in [2.75, 3.05) is 28.4 Å². The van der Waals surface area contributed by atoms with E-state index in [0.29, 0.717) is 6.42 Å². The number of carbonyl (C=O) groups excluding carboxylic acids is 2. The Morgan fingerprint density at radius 1 is 0.871 bits per heavy atom. The molecule has 0 amide bonds. The number of hydrogen-bond donors (Lipinski definition) is 0. The lowest BCUT2D eigenvalue weighted by atomic mass is 9.67. The Hall–Kier alpha value is -2.59. The maximum atomic E-state index is 15.1. The Morgan fingerprint density at radius 2 is 1.63 bits per heavy atom. The Labute approximate surface area is 372 Å². The van der Waals surface area contributed by atoms with Gasteiger partial charge in [0.25, 0.3) is 0 Å². The van der Waals surface area contributed by atoms with Crippen LogP contribution in [0.3, 0.4) is 0 Å². The SMILES string of the molecule is CC[C@H]1CCC[C@H](O[C@H]2CC[C@H](N(C)Cc3ccccc3)C(C)O2)[C@@H](C)C(=O)C2=C[C@H]3[C@@H]4C[C@H](OC5OC(C)C(OC)C(OC)C5OC)C[C@H]4c4sc(C)nc4[C@H]3[C@@H]2CC(=O)O1. The molecule has 62 heavy (non-hydrogen) atoms. The molecule has 8 rings (SSSR count). The van der Waals surface area contributed by atoms with Crippen molar-refractivity contribution in [2.45, 2.75) is 178 Å². The summed E-state index contributed by atoms with van der Waals surface area (Å²) in [6, 6.07) is 10.8. The van der Waals surface area contributed by atoms with E-state index in [9.17, 15) is 4.79 Å². The smallest absolute Gasteiger partial charge is 0.306 e. The summed E-state index contributed by atoms with van der Waals surface area (Å²) in [5, 5.41) is 0.995. The normalized spacial score (nSPS) is 40.1. The largest absolute Gasteiger partial charge is 0.462 e. The van der Waals surface area contributed by atoms with Gasteiger partial charge in [-0.3, -0.25) is 14.5 Å². The molecule has 0 spiro atoms. The molecule has 0 radical (unpaired) electrons. The third kappa shape index (κ3) is 9.27. The van der Waals surface area contributed by atoms with Crippen LogP contribution in [0.15, 0.2) is 42.0 Å². The van der Waals surface area contributed by atoms with Gasteiger partial charge in [0.15, 0.2) is 18.4 Å². The van der Waals surface area contributed by atoms with E-state index in [0.717, 1.165) is 67.8 Å². The van der Waals surface area contributed by atoms with Crippen molar-refractivity contribution in [2.24, 2.45) is 23.7 Å². The Balaban J connectivity index is 1.04. The number of allylic oxidation sites excluding steroid dienone is 2. The number of likely N-dealkylation sites (N-methyl/N-ethyl adjacent to an activating group) is 1. The fourth-order valence-electron chi connectivity index (χ4n) is 12.1. The molecule has 13 heteroatoms. The average Bonchev–Trinajstić information content (AvgIpc) is 3.96. The number of rotatable bonds is 11. The van der Waals surface area contributed by atoms with E-state index < -0.39 is 24.6 Å². The zero-order valence-electron chi connectivity index (χ0n) is 38.2. The minimum Gasteiger partial charge on any atom is -0.462 e. The lowest BCUT2D eigenvalue weighted by Crippen LogP contribution is -2.59. The minimum atomic E-state index is -0.635. The molecule has 12 nitrogen and oxygen atoms in total. The third-order valence-electron chi connectivity index (χ3n) is 15.2. The topological polar surface area (TPSA) is 124 Å². The number of methoxy groups -OCH3 is 3. The van der Waals surface area contributed by atoms with E-state index in [2.05, 4.69) is 63.1 Å². The van der Waals surface area contributed by atoms with Gasteiger partial charge >= 0.3 is 5.97 Å². The van der Waals surface area contributed by atoms with E-state index in [1.807, 2.05) is 19.9 Å². The molecule has 3 aliphatic carbocycles. The molecular formula is C49H70N2O10S. The number of esters is 1. The number of ether oxygens (including phenoxy) is 8. The van der Waals surface area contributed by atoms with Crippen LogP contribution in [0.5, 0.6) is 0 Å². The Kier molecular flexibility index (Phi) is 14.7. The van der Waals surface area contributed by atoms with Crippen LogP contribution < -0.4 is 0 Å². The summed E-state index contributed by atoms with van der Waals surface area (Å²) in [7, 11) is 7.15. The molecule has 17 atom stereocenters. The first-order valence-corrected chi connectivity index (χ1v) is 24.1. The van der Waals surface area contributed by atoms with Crippen molar-refractivity contribution in [1.29, 1.82) is 0 Å². The first kappa shape index (κ1) is 46.0. The molecule has 342 valence electrons. The maximum absolute atomic E-state index is 15.1. The number of benzene rings is 1. The zero-order valence-corrected chi connectivity index (χ0v) is 39.1. The number of fused-ring (bicyclic) bond motifs is 8. The van der Waals surface area contributed by atoms with Crippen molar-refractivity contribution < 1.29 is 47.5 Å². The summed E-state index contributed by atoms with van der Waals surface area (Å²) in [6.07, 6.45) is 5.46. The average molecular weight is 879 g/mol. The first-order chi connectivity index (χ1) is 29.9. The van der Waals surface area contributed by atoms with Crippen LogP contribution in [-0.2, 0) is 54.0 Å². The molecule has 2 aromatic rings. The van der Waals surface area contributed by atoms with Crippen LogP contribution >= 0.6 is 11.3 Å². The van der Waals surface area contributed by atoms with Gasteiger partial charge in [-0.15, -0.1) is 11.3 Å². The monoisotopic (exact) mass is 878 g/mol. The van der Waals surface area contributed by atoms with Crippen LogP contribution in [0, 0.1) is 30.6 Å². The minimum absolute atomic E-state index is 0.0133. The van der Waals surface area contributed by atoms with Gasteiger partial charge in [0.2, 0.25) is 0 Å². The summed E-state index contributed by atoms with van der Waals surface area (Å²) >= 11 is 1.75. The lowest BCUT2D eigenvalue weighted by molar-refractivity contribution is -0.314. The van der Waals surface area contributed by atoms with E-state index in [4.69, 9.17) is 42.9 Å². The highest BCUT2D eigenvalue weighted by atomic mass is 32.1. The summed E-state index contributed by atoms with van der Waals surface area (Å²) in [5.41, 5.74) is 3.04. The van der Waals surface area contributed by atoms with E-state index in [1.165, 1.54) is 10.4 Å². The molecule has 0 N–H and O–H groups in total. The molecule has 1 aromatic heterocycles. The van der Waals surface area contributed by atoms with Gasteiger partial charge in [-0.2, -0.15) is 0 Å². The number of cyclic esters (lactones) is 1. The van der Waals surface area contributed by atoms with Crippen LogP contribution in [0.1, 0.15) is 118 Å². The molecule has 6 aliphatic rings. The van der Waals surface area contributed by atoms with Gasteiger partial charge in [0, 0.05) is 62.5 Å². The van der Waals surface area contributed by atoms with Gasteiger partial charge in [0.05, 0.1) is 41.5 Å². The summed E-state index contributed by atoms with van der Waals surface area (Å²) < 4.78 is 50.6. The van der Waals surface area contributed by atoms with E-state index >= 15 is 4.79 Å². The number of aromatic nitrogens is 1. The van der Waals surface area contributed by atoms with Gasteiger partial charge in [-0.05, 0) is 102 Å². The number of thiazole rings is 1. The Bertz CT molecular complexity index is 1880. The number of carbonyl (C=O) groups is 2. The quantitative estimate of drug-likeness (QED) is 0.204. The van der Waals surface area contributed by atoms with Gasteiger partial charge in [-0.25, -0.2) is 4.98 Å². The molecule has 4 fully saturated rings. The van der Waals surface area contributed by atoms with Crippen LogP contribution in [0.25, 0.3) is 0 Å². The predicted octanol–water partition coefficient (Wildman–Crippen LogP) is 7.90. The lowest BCUT2D eigenvalue weighted by Gasteiger charge is -2.44. The van der Waals surface area contributed by atoms with E-state index in [1.54, 1.807) is 32.7 Å². The maximum Gasteiger partial charge on any atom is 0.306 e. The number of aryl methyl sites for hydroxylation is 1. The standard InChI is InChI=1S/C49H70N2O10S/c1-10-31-17-14-18-39(61-41-20-19-38(27(3)57-41)51(6)25-30-15-12-11-13-16-30)26(2)44(53)36-23-34-33-21-32(60-49-47(56-9)46(55-8)45(54-7)28(4)58-49)22-37(33)48-43(50-29(5)62-48)42(34)35(36)24-40(52)59-31/h11-13,15-16,23,26-28,31-35,37-39,41-42,45-47,49H,10,14,17-22,24-25H2,1-9H3/t26-,27?,28?,31+,32+,33+,34+,35-,37-,38+,39+,41+,42-,45?,46?,47?,49?/m1/s1. The molecule has 4 heterocycles. The van der Waals surface area contributed by atoms with Crippen molar-refractivity contribution >= 4 is 23.1 Å². The highest BCUT2D eigenvalue weighted by Gasteiger charge is 2.57. The van der Waals surface area contributed by atoms with Crippen molar-refractivity contribution in [1.82, 2.24) is 9.88 Å². The molecule has 1 aromatic carbocycles. The Morgan fingerprint density at radius 3 is 2.34 bits per heavy atom.